The molecule has 0 aliphatic carbocycles. The standard InChI is InChI=1S/C7H4ClN2/c8-6-5-9-7-3-1-2-4-10(6)7/h1-4H. The molecule has 49 valence electrons. The van der Waals surface area contributed by atoms with Crippen LogP contribution in [0.3, 0.4) is 0 Å². The summed E-state index contributed by atoms with van der Waals surface area (Å²) in [6, 6.07) is 5.68. The predicted octanol–water partition coefficient (Wildman–Crippen LogP) is 1.79. The Morgan fingerprint density at radius 1 is 1.50 bits per heavy atom. The van der Waals surface area contributed by atoms with Crippen molar-refractivity contribution in [3.63, 3.8) is 0 Å². The Bertz CT molecular complexity index is 353. The van der Waals surface area contributed by atoms with Crippen molar-refractivity contribution < 1.29 is 0 Å². The van der Waals surface area contributed by atoms with Gasteiger partial charge < -0.3 is 0 Å². The van der Waals surface area contributed by atoms with Crippen LogP contribution in [0.15, 0.2) is 24.4 Å². The zero-order valence-electron chi connectivity index (χ0n) is 5.08. The minimum absolute atomic E-state index is 0.524. The van der Waals surface area contributed by atoms with Crippen molar-refractivity contribution in [1.82, 2.24) is 9.38 Å². The van der Waals surface area contributed by atoms with Gasteiger partial charge in [-0.15, -0.1) is 0 Å². The molecule has 0 bridgehead atoms. The fourth-order valence-corrected chi connectivity index (χ4v) is 1.03. The van der Waals surface area contributed by atoms with Gasteiger partial charge in [0.25, 0.3) is 0 Å². The van der Waals surface area contributed by atoms with Gasteiger partial charge in [-0.25, -0.2) is 4.98 Å². The Hall–Kier alpha value is -1.02. The third-order valence-electron chi connectivity index (χ3n) is 1.31. The maximum atomic E-state index is 5.72. The van der Waals surface area contributed by atoms with E-state index in [9.17, 15) is 0 Å². The Morgan fingerprint density at radius 3 is 3.20 bits per heavy atom. The summed E-state index contributed by atoms with van der Waals surface area (Å²) in [5, 5.41) is 0.524. The molecule has 0 fully saturated rings. The van der Waals surface area contributed by atoms with Crippen molar-refractivity contribution in [2.45, 2.75) is 0 Å². The summed E-state index contributed by atoms with van der Waals surface area (Å²) in [6.07, 6.45) is 4.50. The van der Waals surface area contributed by atoms with Crippen molar-refractivity contribution in [3.8, 4) is 0 Å². The number of halogens is 1. The normalized spacial score (nSPS) is 10.5. The van der Waals surface area contributed by atoms with Crippen LogP contribution in [-0.4, -0.2) is 9.38 Å². The molecule has 0 aliphatic heterocycles. The highest BCUT2D eigenvalue weighted by Crippen LogP contribution is 2.09. The highest BCUT2D eigenvalue weighted by Gasteiger charge is 1.96. The molecular weight excluding hydrogens is 148 g/mol. The molecule has 0 N–H and O–H groups in total. The van der Waals surface area contributed by atoms with Gasteiger partial charge in [0.2, 0.25) is 0 Å². The van der Waals surface area contributed by atoms with Gasteiger partial charge in [-0.3, -0.25) is 4.40 Å². The largest absolute Gasteiger partial charge is 0.290 e. The van der Waals surface area contributed by atoms with Gasteiger partial charge >= 0.3 is 0 Å². The molecule has 0 saturated heterocycles. The fraction of sp³-hybridized carbons (Fsp3) is 0. The number of imidazole rings is 1. The first-order valence-electron chi connectivity index (χ1n) is 2.88. The average molecular weight is 152 g/mol. The molecule has 2 rings (SSSR count). The van der Waals surface area contributed by atoms with Crippen molar-refractivity contribution in [2.24, 2.45) is 0 Å². The van der Waals surface area contributed by atoms with E-state index in [2.05, 4.69) is 11.2 Å². The lowest BCUT2D eigenvalue weighted by atomic mass is 10.5. The molecular formula is C7H4ClN2. The molecule has 2 aromatic rings. The zero-order chi connectivity index (χ0) is 6.97. The minimum Gasteiger partial charge on any atom is -0.290 e. The van der Waals surface area contributed by atoms with E-state index in [0.29, 0.717) is 5.15 Å². The second kappa shape index (κ2) is 1.99. The third kappa shape index (κ3) is 0.693. The topological polar surface area (TPSA) is 17.3 Å². The lowest BCUT2D eigenvalue weighted by Gasteiger charge is -1.89. The number of rotatable bonds is 0. The number of pyridine rings is 1. The molecule has 0 aromatic carbocycles. The molecule has 0 unspecified atom stereocenters. The number of hydrogen-bond acceptors (Lipinski definition) is 1. The number of aromatic nitrogens is 2. The lowest BCUT2D eigenvalue weighted by molar-refractivity contribution is 1.19. The van der Waals surface area contributed by atoms with Crippen LogP contribution in [0.1, 0.15) is 0 Å². The summed E-state index contributed by atoms with van der Waals surface area (Å²) < 4.78 is 1.77. The summed E-state index contributed by atoms with van der Waals surface area (Å²) >= 11 is 5.72. The molecule has 0 amide bonds. The van der Waals surface area contributed by atoms with E-state index < -0.39 is 0 Å². The Morgan fingerprint density at radius 2 is 2.40 bits per heavy atom. The highest BCUT2D eigenvalue weighted by molar-refractivity contribution is 6.29. The number of nitrogens with zero attached hydrogens (tertiary/aromatic N) is 2. The minimum atomic E-state index is 0.524. The van der Waals surface area contributed by atoms with E-state index in [1.165, 1.54) is 0 Å². The summed E-state index contributed by atoms with van der Waals surface area (Å²) in [4.78, 5) is 3.92. The van der Waals surface area contributed by atoms with Crippen LogP contribution in [0.2, 0.25) is 5.15 Å². The van der Waals surface area contributed by atoms with Gasteiger partial charge in [0, 0.05) is 6.20 Å². The number of hydrogen-bond donors (Lipinski definition) is 0. The van der Waals surface area contributed by atoms with E-state index in [-0.39, 0.29) is 0 Å². The molecule has 0 saturated carbocycles. The first kappa shape index (κ1) is 5.74. The lowest BCUT2D eigenvalue weighted by Crippen LogP contribution is -1.80. The fourth-order valence-electron chi connectivity index (χ4n) is 0.848. The van der Waals surface area contributed by atoms with Crippen LogP contribution in [0.5, 0.6) is 0 Å². The van der Waals surface area contributed by atoms with E-state index in [1.807, 2.05) is 24.4 Å². The third-order valence-corrected chi connectivity index (χ3v) is 1.58. The Balaban J connectivity index is 2.93. The van der Waals surface area contributed by atoms with Gasteiger partial charge in [-0.1, -0.05) is 17.7 Å². The second-order valence-corrected chi connectivity index (χ2v) is 2.30. The van der Waals surface area contributed by atoms with Crippen LogP contribution < -0.4 is 0 Å². The van der Waals surface area contributed by atoms with E-state index in [1.54, 1.807) is 4.40 Å². The molecule has 2 heterocycles. The van der Waals surface area contributed by atoms with Gasteiger partial charge in [0.05, 0.1) is 0 Å². The molecule has 0 aliphatic rings. The molecule has 3 heteroatoms. The highest BCUT2D eigenvalue weighted by atomic mass is 35.5. The predicted molar refractivity (Wildman–Crippen MR) is 39.0 cm³/mol. The van der Waals surface area contributed by atoms with Crippen LogP contribution in [-0.2, 0) is 0 Å². The SMILES string of the molecule is Clc1[c]nc2ccccn12. The van der Waals surface area contributed by atoms with Crippen LogP contribution in [0.25, 0.3) is 5.65 Å². The Labute approximate surface area is 63.1 Å². The van der Waals surface area contributed by atoms with Crippen molar-refractivity contribution >= 4 is 17.2 Å². The van der Waals surface area contributed by atoms with Crippen LogP contribution in [0.4, 0.5) is 0 Å². The second-order valence-electron chi connectivity index (χ2n) is 1.94. The monoisotopic (exact) mass is 151 g/mol. The van der Waals surface area contributed by atoms with Crippen molar-refractivity contribution in [1.29, 1.82) is 0 Å². The quantitative estimate of drug-likeness (QED) is 0.561. The van der Waals surface area contributed by atoms with Crippen LogP contribution >= 0.6 is 11.6 Å². The average Bonchev–Trinajstić information content (AvgIpc) is 2.34. The molecule has 2 aromatic heterocycles. The molecule has 0 spiro atoms. The first-order chi connectivity index (χ1) is 4.88. The summed E-state index contributed by atoms with van der Waals surface area (Å²) in [6.45, 7) is 0. The molecule has 1 radical (unpaired) electrons. The first-order valence-corrected chi connectivity index (χ1v) is 3.26. The number of fused-ring (bicyclic) bond motifs is 1. The van der Waals surface area contributed by atoms with Gasteiger partial charge in [0.15, 0.2) is 0 Å². The summed E-state index contributed by atoms with van der Waals surface area (Å²) in [5.41, 5.74) is 0.826. The molecule has 0 atom stereocenters. The van der Waals surface area contributed by atoms with Gasteiger partial charge in [-0.05, 0) is 12.1 Å². The molecule has 2 nitrogen and oxygen atoms in total. The summed E-state index contributed by atoms with van der Waals surface area (Å²) in [7, 11) is 0. The van der Waals surface area contributed by atoms with Crippen molar-refractivity contribution in [2.75, 3.05) is 0 Å². The van der Waals surface area contributed by atoms with Gasteiger partial charge in [0.1, 0.15) is 17.0 Å². The van der Waals surface area contributed by atoms with E-state index >= 15 is 0 Å². The zero-order valence-corrected chi connectivity index (χ0v) is 5.84. The van der Waals surface area contributed by atoms with E-state index in [0.717, 1.165) is 5.65 Å². The van der Waals surface area contributed by atoms with E-state index in [4.69, 9.17) is 11.6 Å². The van der Waals surface area contributed by atoms with Crippen LogP contribution in [0, 0.1) is 6.20 Å². The smallest absolute Gasteiger partial charge is 0.143 e. The maximum absolute atomic E-state index is 5.72. The summed E-state index contributed by atoms with van der Waals surface area (Å²) in [5.74, 6) is 0. The molecule has 10 heavy (non-hydrogen) atoms. The van der Waals surface area contributed by atoms with Gasteiger partial charge in [-0.2, -0.15) is 0 Å². The van der Waals surface area contributed by atoms with Crippen molar-refractivity contribution in [3.05, 3.63) is 35.7 Å². The Kier molecular flexibility index (Phi) is 1.14. The maximum Gasteiger partial charge on any atom is 0.143 e.